The highest BCUT2D eigenvalue weighted by Gasteiger charge is 2.48. The van der Waals surface area contributed by atoms with E-state index >= 15 is 0 Å². The molecule has 0 bridgehead atoms. The Bertz CT molecular complexity index is 631. The van der Waals surface area contributed by atoms with Gasteiger partial charge in [0.25, 0.3) is 0 Å². The molecule has 1 heterocycles. The molecule has 0 unspecified atom stereocenters. The minimum Gasteiger partial charge on any atom is -0.385 e. The summed E-state index contributed by atoms with van der Waals surface area (Å²) in [6.07, 6.45) is 6.38. The number of fused-ring (bicyclic) bond motifs is 1. The third-order valence-electron chi connectivity index (χ3n) is 5.62. The van der Waals surface area contributed by atoms with Crippen LogP contribution in [0.1, 0.15) is 37.7 Å². The molecule has 0 amide bonds. The van der Waals surface area contributed by atoms with E-state index in [2.05, 4.69) is 4.90 Å². The number of aliphatic hydroxyl groups is 1. The lowest BCUT2D eigenvalue weighted by atomic mass is 9.66. The third kappa shape index (κ3) is 3.62. The number of sulfone groups is 1. The van der Waals surface area contributed by atoms with Gasteiger partial charge in [-0.25, -0.2) is 8.42 Å². The smallest absolute Gasteiger partial charge is 0.148 e. The molecule has 4 nitrogen and oxygen atoms in total. The fourth-order valence-corrected chi connectivity index (χ4v) is 4.98. The first-order chi connectivity index (χ1) is 10.9. The average molecular weight is 337 g/mol. The number of rotatable bonds is 4. The molecule has 1 aliphatic heterocycles. The molecule has 1 aromatic carbocycles. The molecule has 0 aromatic heterocycles. The Kier molecular flexibility index (Phi) is 4.81. The highest BCUT2D eigenvalue weighted by atomic mass is 32.2. The van der Waals surface area contributed by atoms with Crippen LogP contribution in [0.5, 0.6) is 0 Å². The maximum atomic E-state index is 11.5. The normalized spacial score (nSPS) is 32.4. The van der Waals surface area contributed by atoms with Gasteiger partial charge in [-0.1, -0.05) is 43.2 Å². The Morgan fingerprint density at radius 3 is 2.61 bits per heavy atom. The van der Waals surface area contributed by atoms with Crippen molar-refractivity contribution in [2.75, 3.05) is 25.1 Å². The largest absolute Gasteiger partial charge is 0.385 e. The van der Waals surface area contributed by atoms with Crippen molar-refractivity contribution in [3.63, 3.8) is 0 Å². The number of hydrogen-bond acceptors (Lipinski definition) is 4. The van der Waals surface area contributed by atoms with Crippen molar-refractivity contribution in [2.24, 2.45) is 5.92 Å². The molecule has 0 radical (unpaired) electrons. The molecule has 1 saturated heterocycles. The summed E-state index contributed by atoms with van der Waals surface area (Å²) in [7, 11) is -2.95. The van der Waals surface area contributed by atoms with Gasteiger partial charge in [0.05, 0.1) is 11.4 Å². The van der Waals surface area contributed by atoms with Gasteiger partial charge in [-0.3, -0.25) is 4.90 Å². The number of nitrogens with zero attached hydrogens (tertiary/aromatic N) is 1. The zero-order valence-corrected chi connectivity index (χ0v) is 14.6. The highest BCUT2D eigenvalue weighted by Crippen LogP contribution is 2.46. The predicted octanol–water partition coefficient (Wildman–Crippen LogP) is 2.18. The molecule has 2 aliphatic rings. The molecule has 1 aromatic rings. The molecule has 1 aliphatic carbocycles. The Morgan fingerprint density at radius 2 is 1.91 bits per heavy atom. The molecule has 2 fully saturated rings. The van der Waals surface area contributed by atoms with Gasteiger partial charge in [0.2, 0.25) is 0 Å². The summed E-state index contributed by atoms with van der Waals surface area (Å²) in [6, 6.07) is 10.3. The van der Waals surface area contributed by atoms with Gasteiger partial charge in [-0.05, 0) is 24.8 Å². The molecule has 3 atom stereocenters. The van der Waals surface area contributed by atoms with E-state index in [-0.39, 0.29) is 11.7 Å². The van der Waals surface area contributed by atoms with E-state index in [0.29, 0.717) is 19.0 Å². The van der Waals surface area contributed by atoms with Gasteiger partial charge < -0.3 is 5.11 Å². The molecule has 128 valence electrons. The third-order valence-corrected chi connectivity index (χ3v) is 6.54. The summed E-state index contributed by atoms with van der Waals surface area (Å²) >= 11 is 0. The summed E-state index contributed by atoms with van der Waals surface area (Å²) in [4.78, 5) is 2.31. The lowest BCUT2D eigenvalue weighted by Gasteiger charge is -2.52. The van der Waals surface area contributed by atoms with Crippen LogP contribution in [0, 0.1) is 5.92 Å². The monoisotopic (exact) mass is 337 g/mol. The van der Waals surface area contributed by atoms with Gasteiger partial charge in [-0.2, -0.15) is 0 Å². The highest BCUT2D eigenvalue weighted by molar-refractivity contribution is 7.90. The van der Waals surface area contributed by atoms with Crippen LogP contribution in [-0.4, -0.2) is 49.6 Å². The van der Waals surface area contributed by atoms with Crippen molar-refractivity contribution in [1.29, 1.82) is 0 Å². The van der Waals surface area contributed by atoms with E-state index in [4.69, 9.17) is 0 Å². The summed E-state index contributed by atoms with van der Waals surface area (Å²) < 4.78 is 23.0. The first-order valence-electron chi connectivity index (χ1n) is 8.60. The van der Waals surface area contributed by atoms with Gasteiger partial charge in [-0.15, -0.1) is 0 Å². The lowest BCUT2D eigenvalue weighted by molar-refractivity contribution is -0.119. The van der Waals surface area contributed by atoms with Crippen LogP contribution >= 0.6 is 0 Å². The van der Waals surface area contributed by atoms with Crippen molar-refractivity contribution in [3.05, 3.63) is 35.9 Å². The van der Waals surface area contributed by atoms with Crippen LogP contribution in [0.15, 0.2) is 30.3 Å². The first-order valence-corrected chi connectivity index (χ1v) is 10.7. The van der Waals surface area contributed by atoms with Crippen LogP contribution in [0.25, 0.3) is 0 Å². The van der Waals surface area contributed by atoms with Crippen molar-refractivity contribution in [1.82, 2.24) is 4.90 Å². The van der Waals surface area contributed by atoms with Gasteiger partial charge in [0.1, 0.15) is 9.84 Å². The number of hydrogen-bond donors (Lipinski definition) is 1. The van der Waals surface area contributed by atoms with Crippen LogP contribution < -0.4 is 0 Å². The zero-order chi connectivity index (χ0) is 16.5. The second-order valence-corrected chi connectivity index (χ2v) is 9.42. The molecular formula is C18H27NO3S. The lowest BCUT2D eigenvalue weighted by Crippen LogP contribution is -2.58. The number of likely N-dealkylation sites (tertiary alicyclic amines) is 1. The van der Waals surface area contributed by atoms with E-state index in [0.717, 1.165) is 31.4 Å². The predicted molar refractivity (Wildman–Crippen MR) is 92.0 cm³/mol. The van der Waals surface area contributed by atoms with E-state index in [1.54, 1.807) is 0 Å². The number of piperidine rings is 1. The minimum absolute atomic E-state index is 0.201. The summed E-state index contributed by atoms with van der Waals surface area (Å²) in [6.45, 7) is 1.35. The average Bonchev–Trinajstić information content (AvgIpc) is 2.54. The molecular weight excluding hydrogens is 310 g/mol. The van der Waals surface area contributed by atoms with Crippen molar-refractivity contribution in [3.8, 4) is 0 Å². The Morgan fingerprint density at radius 1 is 1.22 bits per heavy atom. The standard InChI is InChI=1S/C18H27NO3S/c1-23(21,22)14-13-19-12-11-18(20,15-7-3-2-4-8-15)16-9-5-6-10-17(16)19/h2-4,7-8,16-17,20H,5-6,9-14H2,1H3/t16-,17+,18+/m0/s1. The summed E-state index contributed by atoms with van der Waals surface area (Å²) in [5, 5.41) is 11.4. The van der Waals surface area contributed by atoms with Crippen molar-refractivity contribution >= 4 is 9.84 Å². The first kappa shape index (κ1) is 16.9. The van der Waals surface area contributed by atoms with E-state index < -0.39 is 15.4 Å². The van der Waals surface area contributed by atoms with Crippen LogP contribution in [0.4, 0.5) is 0 Å². The second kappa shape index (κ2) is 6.54. The fourth-order valence-electron chi connectivity index (χ4n) is 4.42. The van der Waals surface area contributed by atoms with Gasteiger partial charge in [0, 0.05) is 31.3 Å². The molecule has 1 N–H and O–H groups in total. The van der Waals surface area contributed by atoms with Crippen LogP contribution in [-0.2, 0) is 15.4 Å². The molecule has 5 heteroatoms. The summed E-state index contributed by atoms with van der Waals surface area (Å²) in [5.41, 5.74) is 0.244. The number of benzene rings is 1. The Balaban J connectivity index is 1.82. The van der Waals surface area contributed by atoms with Gasteiger partial charge in [0.15, 0.2) is 0 Å². The summed E-state index contributed by atoms with van der Waals surface area (Å²) in [5.74, 6) is 0.409. The fraction of sp³-hybridized carbons (Fsp3) is 0.667. The van der Waals surface area contributed by atoms with E-state index in [1.807, 2.05) is 30.3 Å². The molecule has 1 saturated carbocycles. The quantitative estimate of drug-likeness (QED) is 0.915. The molecule has 23 heavy (non-hydrogen) atoms. The second-order valence-electron chi connectivity index (χ2n) is 7.16. The zero-order valence-electron chi connectivity index (χ0n) is 13.8. The van der Waals surface area contributed by atoms with Gasteiger partial charge >= 0.3 is 0 Å². The Hall–Kier alpha value is -0.910. The Labute approximate surface area is 139 Å². The van der Waals surface area contributed by atoms with Crippen LogP contribution in [0.2, 0.25) is 0 Å². The maximum Gasteiger partial charge on any atom is 0.148 e. The topological polar surface area (TPSA) is 57.6 Å². The SMILES string of the molecule is CS(=O)(=O)CCN1CC[C@@](O)(c2ccccc2)[C@H]2CCCC[C@H]21. The van der Waals surface area contributed by atoms with Crippen molar-refractivity contribution in [2.45, 2.75) is 43.7 Å². The van der Waals surface area contributed by atoms with Crippen molar-refractivity contribution < 1.29 is 13.5 Å². The molecule has 3 rings (SSSR count). The van der Waals surface area contributed by atoms with E-state index in [9.17, 15) is 13.5 Å². The maximum absolute atomic E-state index is 11.5. The van der Waals surface area contributed by atoms with E-state index in [1.165, 1.54) is 12.7 Å². The van der Waals surface area contributed by atoms with Crippen LogP contribution in [0.3, 0.4) is 0 Å². The minimum atomic E-state index is -2.95. The molecule has 0 spiro atoms.